The normalized spacial score (nSPS) is 12.7. The summed E-state index contributed by atoms with van der Waals surface area (Å²) in [5.41, 5.74) is 0.232. The molecule has 35 heavy (non-hydrogen) atoms. The zero-order valence-electron chi connectivity index (χ0n) is 17.6. The van der Waals surface area contributed by atoms with Gasteiger partial charge in [-0.1, -0.05) is 6.92 Å². The summed E-state index contributed by atoms with van der Waals surface area (Å²) >= 11 is 0. The summed E-state index contributed by atoms with van der Waals surface area (Å²) in [5.74, 6) is -5.81. The van der Waals surface area contributed by atoms with Gasteiger partial charge in [0.25, 0.3) is 0 Å². The first-order chi connectivity index (χ1) is 16.4. The Bertz CT molecular complexity index is 1460. The van der Waals surface area contributed by atoms with Crippen LogP contribution in [0.15, 0.2) is 48.1 Å². The van der Waals surface area contributed by atoms with Crippen LogP contribution in [0.4, 0.5) is 22.0 Å². The first kappa shape index (κ1) is 24.3. The highest BCUT2D eigenvalue weighted by atomic mass is 32.2. The fourth-order valence-electron chi connectivity index (χ4n) is 2.87. The summed E-state index contributed by atoms with van der Waals surface area (Å²) in [4.78, 5) is 20.1. The first-order valence-electron chi connectivity index (χ1n) is 9.72. The molecule has 4 heterocycles. The zero-order chi connectivity index (χ0) is 25.4. The molecule has 0 aliphatic carbocycles. The molecule has 0 saturated carbocycles. The van der Waals surface area contributed by atoms with Crippen LogP contribution in [0.1, 0.15) is 6.92 Å². The lowest BCUT2D eigenvalue weighted by molar-refractivity contribution is -0.290. The van der Waals surface area contributed by atoms with Crippen molar-refractivity contribution in [1.29, 1.82) is 0 Å². The van der Waals surface area contributed by atoms with Crippen molar-refractivity contribution in [2.24, 2.45) is 0 Å². The molecule has 0 aromatic carbocycles. The van der Waals surface area contributed by atoms with Crippen LogP contribution in [-0.4, -0.2) is 67.4 Å². The van der Waals surface area contributed by atoms with Gasteiger partial charge in [-0.25, -0.2) is 37.9 Å². The number of ether oxygens (including phenoxy) is 1. The molecular formula is C19H14F5N7O3S. The van der Waals surface area contributed by atoms with Gasteiger partial charge in [-0.2, -0.15) is 27.1 Å². The summed E-state index contributed by atoms with van der Waals surface area (Å²) in [6.07, 6.45) is 0.285. The van der Waals surface area contributed by atoms with Crippen molar-refractivity contribution in [2.75, 3.05) is 12.4 Å². The van der Waals surface area contributed by atoms with Crippen molar-refractivity contribution < 1.29 is 35.1 Å². The standard InChI is InChI=1S/C19H14F5N7O3S/c1-2-35(32,33)17-14(11-8-29-13(9-28-11)34-10-18(20,21)19(22,23)24)16-27-7-4-12(31(16)30-17)15-25-5-3-6-26-15/h3-9H,2,10H2,1H3. The van der Waals surface area contributed by atoms with Crippen molar-refractivity contribution in [3.63, 3.8) is 0 Å². The van der Waals surface area contributed by atoms with Gasteiger partial charge in [0.15, 0.2) is 32.9 Å². The van der Waals surface area contributed by atoms with Gasteiger partial charge in [0.1, 0.15) is 5.69 Å². The second kappa shape index (κ2) is 8.75. The zero-order valence-corrected chi connectivity index (χ0v) is 18.4. The van der Waals surface area contributed by atoms with E-state index in [0.717, 1.165) is 12.4 Å². The molecule has 4 rings (SSSR count). The third-order valence-corrected chi connectivity index (χ3v) is 6.29. The van der Waals surface area contributed by atoms with Crippen molar-refractivity contribution in [1.82, 2.24) is 34.5 Å². The van der Waals surface area contributed by atoms with Crippen molar-refractivity contribution in [3.8, 4) is 28.7 Å². The van der Waals surface area contributed by atoms with E-state index in [0.29, 0.717) is 5.69 Å². The van der Waals surface area contributed by atoms with E-state index in [1.54, 1.807) is 6.07 Å². The molecule has 0 atom stereocenters. The molecule has 4 aromatic heterocycles. The minimum atomic E-state index is -5.80. The third kappa shape index (κ3) is 4.60. The van der Waals surface area contributed by atoms with E-state index in [2.05, 4.69) is 34.8 Å². The predicted molar refractivity (Wildman–Crippen MR) is 109 cm³/mol. The minimum absolute atomic E-state index is 0.0496. The maximum absolute atomic E-state index is 13.1. The molecular weight excluding hydrogens is 501 g/mol. The van der Waals surface area contributed by atoms with Crippen molar-refractivity contribution >= 4 is 15.5 Å². The van der Waals surface area contributed by atoms with Gasteiger partial charge in [-0.05, 0) is 12.1 Å². The largest absolute Gasteiger partial charge is 0.470 e. The highest BCUT2D eigenvalue weighted by Crippen LogP contribution is 2.36. The molecule has 0 fully saturated rings. The van der Waals surface area contributed by atoms with Crippen molar-refractivity contribution in [3.05, 3.63) is 43.1 Å². The smallest absolute Gasteiger partial charge is 0.456 e. The predicted octanol–water partition coefficient (Wildman–Crippen LogP) is 3.01. The Morgan fingerprint density at radius 3 is 2.29 bits per heavy atom. The molecule has 4 aromatic rings. The molecule has 16 heteroatoms. The quantitative estimate of drug-likeness (QED) is 0.342. The van der Waals surface area contributed by atoms with Gasteiger partial charge in [0, 0.05) is 18.6 Å². The number of alkyl halides is 5. The Balaban J connectivity index is 1.79. The van der Waals surface area contributed by atoms with E-state index in [4.69, 9.17) is 0 Å². The topological polar surface area (TPSA) is 125 Å². The number of halogens is 5. The molecule has 0 saturated heterocycles. The number of aromatic nitrogens is 7. The summed E-state index contributed by atoms with van der Waals surface area (Å²) < 4.78 is 94.4. The average Bonchev–Trinajstić information content (AvgIpc) is 3.24. The molecule has 0 radical (unpaired) electrons. The number of rotatable bonds is 7. The van der Waals surface area contributed by atoms with Crippen LogP contribution in [-0.2, 0) is 9.84 Å². The van der Waals surface area contributed by atoms with Crippen LogP contribution >= 0.6 is 0 Å². The Kier molecular flexibility index (Phi) is 6.08. The monoisotopic (exact) mass is 515 g/mol. The average molecular weight is 515 g/mol. The summed E-state index contributed by atoms with van der Waals surface area (Å²) in [5, 5.41) is 3.80. The third-order valence-electron chi connectivity index (χ3n) is 4.66. The number of hydrogen-bond acceptors (Lipinski definition) is 9. The van der Waals surface area contributed by atoms with Gasteiger partial charge >= 0.3 is 12.1 Å². The second-order valence-electron chi connectivity index (χ2n) is 6.95. The van der Waals surface area contributed by atoms with E-state index < -0.39 is 34.4 Å². The van der Waals surface area contributed by atoms with Gasteiger partial charge < -0.3 is 4.74 Å². The molecule has 0 bridgehead atoms. The molecule has 0 N–H and O–H groups in total. The number of sulfone groups is 1. The molecule has 0 aliphatic rings. The highest BCUT2D eigenvalue weighted by Gasteiger charge is 2.58. The van der Waals surface area contributed by atoms with Crippen LogP contribution in [0.2, 0.25) is 0 Å². The first-order valence-corrected chi connectivity index (χ1v) is 11.4. The van der Waals surface area contributed by atoms with Gasteiger partial charge in [-0.15, -0.1) is 0 Å². The summed E-state index contributed by atoms with van der Waals surface area (Å²) in [6.45, 7) is -0.597. The van der Waals surface area contributed by atoms with Gasteiger partial charge in [0.05, 0.1) is 29.4 Å². The molecule has 0 unspecified atom stereocenters. The molecule has 184 valence electrons. The van der Waals surface area contributed by atoms with Crippen LogP contribution in [0.5, 0.6) is 5.88 Å². The van der Waals surface area contributed by atoms with Crippen LogP contribution in [0.25, 0.3) is 28.4 Å². The maximum Gasteiger partial charge on any atom is 0.456 e. The van der Waals surface area contributed by atoms with Gasteiger partial charge in [-0.3, -0.25) is 0 Å². The van der Waals surface area contributed by atoms with Crippen molar-refractivity contribution in [2.45, 2.75) is 24.0 Å². The fraction of sp³-hybridized carbons (Fsp3) is 0.263. The number of nitrogens with zero attached hydrogens (tertiary/aromatic N) is 7. The van der Waals surface area contributed by atoms with Crippen LogP contribution in [0.3, 0.4) is 0 Å². The lowest BCUT2D eigenvalue weighted by Crippen LogP contribution is -2.41. The van der Waals surface area contributed by atoms with E-state index in [1.165, 1.54) is 36.1 Å². The molecule has 10 nitrogen and oxygen atoms in total. The fourth-order valence-corrected chi connectivity index (χ4v) is 3.86. The minimum Gasteiger partial charge on any atom is -0.470 e. The van der Waals surface area contributed by atoms with Gasteiger partial charge in [0.2, 0.25) is 5.88 Å². The van der Waals surface area contributed by atoms with E-state index >= 15 is 0 Å². The number of hydrogen-bond donors (Lipinski definition) is 0. The molecule has 0 aliphatic heterocycles. The Hall–Kier alpha value is -3.82. The van der Waals surface area contributed by atoms with E-state index in [1.807, 2.05) is 0 Å². The SMILES string of the molecule is CCS(=O)(=O)c1nn2c(-c3ncccn3)ccnc2c1-c1cnc(OCC(F)(F)C(F)(F)F)cn1. The lowest BCUT2D eigenvalue weighted by Gasteiger charge is -2.19. The van der Waals surface area contributed by atoms with Crippen LogP contribution in [0, 0.1) is 0 Å². The molecule has 0 spiro atoms. The Morgan fingerprint density at radius 1 is 0.971 bits per heavy atom. The Morgan fingerprint density at radius 2 is 1.69 bits per heavy atom. The lowest BCUT2D eigenvalue weighted by atomic mass is 10.2. The molecule has 0 amide bonds. The number of fused-ring (bicyclic) bond motifs is 1. The summed E-state index contributed by atoms with van der Waals surface area (Å²) in [7, 11) is -3.93. The Labute approximate surface area is 193 Å². The van der Waals surface area contributed by atoms with Crippen LogP contribution < -0.4 is 4.74 Å². The van der Waals surface area contributed by atoms with E-state index in [9.17, 15) is 30.4 Å². The summed E-state index contributed by atoms with van der Waals surface area (Å²) in [6, 6.07) is 3.11. The maximum atomic E-state index is 13.1. The highest BCUT2D eigenvalue weighted by molar-refractivity contribution is 7.91. The van der Waals surface area contributed by atoms with E-state index in [-0.39, 0.29) is 33.5 Å². The second-order valence-corrected chi connectivity index (χ2v) is 9.15.